The van der Waals surface area contributed by atoms with Gasteiger partial charge in [-0.15, -0.1) is 0 Å². The maximum absolute atomic E-state index is 6.13. The molecule has 0 saturated heterocycles. The van der Waals surface area contributed by atoms with Crippen LogP contribution in [-0.4, -0.2) is 13.2 Å². The van der Waals surface area contributed by atoms with Gasteiger partial charge in [0.05, 0.1) is 13.2 Å². The van der Waals surface area contributed by atoms with E-state index in [0.717, 1.165) is 19.0 Å². The van der Waals surface area contributed by atoms with Gasteiger partial charge in [0, 0.05) is 6.16 Å². The SMILES string of the molecule is c1ccc(CCOP(Cc2ccccc2)OCCc2ccccc2)cc1. The van der Waals surface area contributed by atoms with Gasteiger partial charge in [0.25, 0.3) is 0 Å². The smallest absolute Gasteiger partial charge is 0.175 e. The maximum Gasteiger partial charge on any atom is 0.175 e. The van der Waals surface area contributed by atoms with Gasteiger partial charge in [-0.05, 0) is 29.5 Å². The molecule has 3 heteroatoms. The topological polar surface area (TPSA) is 18.5 Å². The average Bonchev–Trinajstić information content (AvgIpc) is 2.70. The van der Waals surface area contributed by atoms with Crippen molar-refractivity contribution in [1.29, 1.82) is 0 Å². The minimum Gasteiger partial charge on any atom is -0.333 e. The van der Waals surface area contributed by atoms with Crippen molar-refractivity contribution in [2.75, 3.05) is 13.2 Å². The van der Waals surface area contributed by atoms with Gasteiger partial charge in [0.2, 0.25) is 0 Å². The summed E-state index contributed by atoms with van der Waals surface area (Å²) in [5, 5.41) is 0. The lowest BCUT2D eigenvalue weighted by Gasteiger charge is -2.18. The summed E-state index contributed by atoms with van der Waals surface area (Å²) in [6, 6.07) is 31.3. The first kappa shape index (κ1) is 18.8. The van der Waals surface area contributed by atoms with Crippen LogP contribution in [0.1, 0.15) is 16.7 Å². The Hall–Kier alpha value is -1.99. The Morgan fingerprint density at radius 2 is 0.885 bits per heavy atom. The van der Waals surface area contributed by atoms with Crippen molar-refractivity contribution >= 4 is 8.38 Å². The van der Waals surface area contributed by atoms with Gasteiger partial charge in [-0.25, -0.2) is 0 Å². The molecule has 26 heavy (non-hydrogen) atoms. The Morgan fingerprint density at radius 1 is 0.500 bits per heavy atom. The van der Waals surface area contributed by atoms with Crippen LogP contribution in [0.25, 0.3) is 0 Å². The lowest BCUT2D eigenvalue weighted by molar-refractivity contribution is 0.252. The van der Waals surface area contributed by atoms with E-state index in [9.17, 15) is 0 Å². The van der Waals surface area contributed by atoms with Crippen LogP contribution in [-0.2, 0) is 28.1 Å². The van der Waals surface area contributed by atoms with E-state index in [1.807, 2.05) is 18.2 Å². The van der Waals surface area contributed by atoms with E-state index >= 15 is 0 Å². The standard InChI is InChI=1S/C23H25O2P/c1-4-10-21(11-5-1)16-18-24-26(20-23-14-8-3-9-15-23)25-19-17-22-12-6-2-7-13-22/h1-15H,16-20H2. The Kier molecular flexibility index (Phi) is 7.86. The fraction of sp³-hybridized carbons (Fsp3) is 0.217. The molecule has 0 aliphatic carbocycles. The second-order valence-electron chi connectivity index (χ2n) is 6.11. The van der Waals surface area contributed by atoms with Gasteiger partial charge in [0.1, 0.15) is 0 Å². The van der Waals surface area contributed by atoms with Gasteiger partial charge in [-0.3, -0.25) is 0 Å². The zero-order valence-corrected chi connectivity index (χ0v) is 15.9. The molecule has 134 valence electrons. The van der Waals surface area contributed by atoms with Crippen molar-refractivity contribution in [3.63, 3.8) is 0 Å². The average molecular weight is 364 g/mol. The fourth-order valence-electron chi connectivity index (χ4n) is 2.68. The van der Waals surface area contributed by atoms with Crippen molar-refractivity contribution in [3.05, 3.63) is 108 Å². The molecule has 3 rings (SSSR count). The van der Waals surface area contributed by atoms with Gasteiger partial charge in [-0.1, -0.05) is 91.0 Å². The monoisotopic (exact) mass is 364 g/mol. The van der Waals surface area contributed by atoms with Crippen molar-refractivity contribution in [2.45, 2.75) is 19.0 Å². The summed E-state index contributed by atoms with van der Waals surface area (Å²) in [5.74, 6) is 0. The molecule has 2 nitrogen and oxygen atoms in total. The Morgan fingerprint density at radius 3 is 1.31 bits per heavy atom. The first-order valence-electron chi connectivity index (χ1n) is 9.05. The summed E-state index contributed by atoms with van der Waals surface area (Å²) >= 11 is 0. The summed E-state index contributed by atoms with van der Waals surface area (Å²) in [5.41, 5.74) is 3.86. The van der Waals surface area contributed by atoms with Crippen LogP contribution < -0.4 is 0 Å². The summed E-state index contributed by atoms with van der Waals surface area (Å²) in [7, 11) is -0.929. The van der Waals surface area contributed by atoms with Crippen LogP contribution in [0.5, 0.6) is 0 Å². The molecule has 0 saturated carbocycles. The van der Waals surface area contributed by atoms with E-state index in [-0.39, 0.29) is 0 Å². The molecule has 0 atom stereocenters. The van der Waals surface area contributed by atoms with Gasteiger partial charge in [-0.2, -0.15) is 0 Å². The highest BCUT2D eigenvalue weighted by Gasteiger charge is 2.12. The molecule has 0 aliphatic heterocycles. The maximum atomic E-state index is 6.13. The van der Waals surface area contributed by atoms with Crippen LogP contribution in [0.4, 0.5) is 0 Å². The van der Waals surface area contributed by atoms with Crippen LogP contribution in [0.2, 0.25) is 0 Å². The second-order valence-corrected chi connectivity index (χ2v) is 7.61. The molecule has 0 unspecified atom stereocenters. The van der Waals surface area contributed by atoms with Crippen molar-refractivity contribution in [3.8, 4) is 0 Å². The lowest BCUT2D eigenvalue weighted by Crippen LogP contribution is -2.02. The largest absolute Gasteiger partial charge is 0.333 e. The van der Waals surface area contributed by atoms with Gasteiger partial charge in [0.15, 0.2) is 8.38 Å². The number of hydrogen-bond donors (Lipinski definition) is 0. The molecule has 0 N–H and O–H groups in total. The number of hydrogen-bond acceptors (Lipinski definition) is 2. The van der Waals surface area contributed by atoms with Crippen LogP contribution in [0.3, 0.4) is 0 Å². The highest BCUT2D eigenvalue weighted by atomic mass is 31.2. The van der Waals surface area contributed by atoms with Crippen molar-refractivity contribution in [2.24, 2.45) is 0 Å². The second kappa shape index (κ2) is 10.9. The highest BCUT2D eigenvalue weighted by Crippen LogP contribution is 2.42. The third kappa shape index (κ3) is 6.72. The predicted molar refractivity (Wildman–Crippen MR) is 109 cm³/mol. The highest BCUT2D eigenvalue weighted by molar-refractivity contribution is 7.46. The molecule has 3 aromatic carbocycles. The van der Waals surface area contributed by atoms with E-state index in [2.05, 4.69) is 72.8 Å². The van der Waals surface area contributed by atoms with E-state index in [4.69, 9.17) is 9.05 Å². The molecular formula is C23H25O2P. The first-order valence-corrected chi connectivity index (χ1v) is 10.4. The quantitative estimate of drug-likeness (QED) is 0.410. The predicted octanol–water partition coefficient (Wildman–Crippen LogP) is 6.02. The molecule has 0 spiro atoms. The summed E-state index contributed by atoms with van der Waals surface area (Å²) in [4.78, 5) is 0. The lowest BCUT2D eigenvalue weighted by atomic mass is 10.2. The van der Waals surface area contributed by atoms with E-state index in [0.29, 0.717) is 13.2 Å². The zero-order chi connectivity index (χ0) is 17.9. The van der Waals surface area contributed by atoms with Crippen molar-refractivity contribution < 1.29 is 9.05 Å². The van der Waals surface area contributed by atoms with Gasteiger partial charge >= 0.3 is 0 Å². The molecule has 0 aromatic heterocycles. The van der Waals surface area contributed by atoms with Crippen LogP contribution in [0.15, 0.2) is 91.0 Å². The number of benzene rings is 3. The van der Waals surface area contributed by atoms with Crippen LogP contribution >= 0.6 is 8.38 Å². The van der Waals surface area contributed by atoms with E-state index < -0.39 is 8.38 Å². The molecule has 0 aliphatic rings. The van der Waals surface area contributed by atoms with Crippen LogP contribution in [0, 0.1) is 0 Å². The van der Waals surface area contributed by atoms with Crippen molar-refractivity contribution in [1.82, 2.24) is 0 Å². The molecule has 0 radical (unpaired) electrons. The molecule has 0 fully saturated rings. The Bertz CT molecular complexity index is 686. The molecule has 0 heterocycles. The summed E-state index contributed by atoms with van der Waals surface area (Å²) < 4.78 is 12.3. The van der Waals surface area contributed by atoms with E-state index in [1.54, 1.807) is 0 Å². The zero-order valence-electron chi connectivity index (χ0n) is 15.0. The fourth-order valence-corrected chi connectivity index (χ4v) is 4.04. The molecular weight excluding hydrogens is 339 g/mol. The number of rotatable bonds is 10. The molecule has 3 aromatic rings. The molecule has 0 bridgehead atoms. The summed E-state index contributed by atoms with van der Waals surface area (Å²) in [6.07, 6.45) is 2.66. The third-order valence-corrected chi connectivity index (χ3v) is 5.66. The normalized spacial score (nSPS) is 11.0. The van der Waals surface area contributed by atoms with E-state index in [1.165, 1.54) is 16.7 Å². The Balaban J connectivity index is 1.50. The minimum absolute atomic E-state index is 0.688. The minimum atomic E-state index is -0.929. The molecule has 0 amide bonds. The first-order chi connectivity index (χ1) is 12.9. The third-order valence-electron chi connectivity index (χ3n) is 4.09. The Labute approximate surface area is 157 Å². The van der Waals surface area contributed by atoms with Gasteiger partial charge < -0.3 is 9.05 Å². The summed E-state index contributed by atoms with van der Waals surface area (Å²) in [6.45, 7) is 1.38.